The maximum absolute atomic E-state index is 11.9. The summed E-state index contributed by atoms with van der Waals surface area (Å²) in [5, 5.41) is 9.41. The fourth-order valence-electron chi connectivity index (χ4n) is 1.56. The van der Waals surface area contributed by atoms with E-state index in [9.17, 15) is 4.79 Å². The van der Waals surface area contributed by atoms with Crippen LogP contribution in [-0.4, -0.2) is 16.1 Å². The average Bonchev–Trinajstić information content (AvgIpc) is 2.82. The lowest BCUT2D eigenvalue weighted by Gasteiger charge is -2.12. The van der Waals surface area contributed by atoms with Crippen LogP contribution < -0.4 is 11.1 Å². The number of H-pyrrole nitrogens is 1. The predicted octanol–water partition coefficient (Wildman–Crippen LogP) is 1.48. The quantitative estimate of drug-likeness (QED) is 0.698. The minimum Gasteiger partial charge on any atom is -0.398 e. The number of aromatic nitrogens is 2. The molecule has 4 N–H and O–H groups in total. The number of amides is 1. The van der Waals surface area contributed by atoms with Crippen molar-refractivity contribution in [2.24, 2.45) is 0 Å². The molecule has 0 aliphatic heterocycles. The number of carbonyl (C=O) groups is 1. The average molecular weight is 230 g/mol. The number of aromatic amines is 1. The zero-order valence-electron chi connectivity index (χ0n) is 9.47. The number of rotatable bonds is 3. The Morgan fingerprint density at radius 1 is 1.47 bits per heavy atom. The second-order valence-corrected chi connectivity index (χ2v) is 3.81. The van der Waals surface area contributed by atoms with Crippen LogP contribution in [0.15, 0.2) is 36.7 Å². The standard InChI is InChI=1S/C12H14N4O/c1-8(9-6-14-15-7-9)16-12(17)10-4-2-3-5-11(10)13/h2-8H,13H2,1H3,(H,14,15)(H,16,17). The van der Waals surface area contributed by atoms with Gasteiger partial charge in [0.2, 0.25) is 0 Å². The molecule has 0 radical (unpaired) electrons. The number of hydrogen-bond donors (Lipinski definition) is 3. The summed E-state index contributed by atoms with van der Waals surface area (Å²) in [4.78, 5) is 11.9. The maximum atomic E-state index is 11.9. The second kappa shape index (κ2) is 4.69. The summed E-state index contributed by atoms with van der Waals surface area (Å²) >= 11 is 0. The van der Waals surface area contributed by atoms with Crippen molar-refractivity contribution in [1.29, 1.82) is 0 Å². The van der Waals surface area contributed by atoms with Crippen LogP contribution in [-0.2, 0) is 0 Å². The molecule has 0 saturated carbocycles. The Morgan fingerprint density at radius 3 is 2.88 bits per heavy atom. The molecule has 1 atom stereocenters. The van der Waals surface area contributed by atoms with E-state index in [1.54, 1.807) is 36.7 Å². The van der Waals surface area contributed by atoms with Gasteiger partial charge in [-0.1, -0.05) is 12.1 Å². The van der Waals surface area contributed by atoms with Crippen molar-refractivity contribution in [2.45, 2.75) is 13.0 Å². The molecule has 0 bridgehead atoms. The van der Waals surface area contributed by atoms with Gasteiger partial charge in [0, 0.05) is 17.4 Å². The smallest absolute Gasteiger partial charge is 0.253 e. The summed E-state index contributed by atoms with van der Waals surface area (Å²) in [6, 6.07) is 6.88. The molecule has 5 heteroatoms. The van der Waals surface area contributed by atoms with Gasteiger partial charge in [0.15, 0.2) is 0 Å². The molecule has 88 valence electrons. The summed E-state index contributed by atoms with van der Waals surface area (Å²) in [5.41, 5.74) is 7.63. The zero-order valence-corrected chi connectivity index (χ0v) is 9.47. The Bertz CT molecular complexity index is 507. The lowest BCUT2D eigenvalue weighted by Crippen LogP contribution is -2.27. The molecule has 2 rings (SSSR count). The first kappa shape index (κ1) is 11.2. The van der Waals surface area contributed by atoms with Crippen LogP contribution in [0.3, 0.4) is 0 Å². The molecule has 1 aromatic heterocycles. The number of nitrogen functional groups attached to an aromatic ring is 1. The van der Waals surface area contributed by atoms with Crippen LogP contribution in [0.25, 0.3) is 0 Å². The van der Waals surface area contributed by atoms with E-state index >= 15 is 0 Å². The van der Waals surface area contributed by atoms with Crippen LogP contribution in [0, 0.1) is 0 Å². The van der Waals surface area contributed by atoms with Crippen molar-refractivity contribution in [2.75, 3.05) is 5.73 Å². The van der Waals surface area contributed by atoms with Gasteiger partial charge in [-0.2, -0.15) is 5.10 Å². The van der Waals surface area contributed by atoms with Crippen molar-refractivity contribution in [3.63, 3.8) is 0 Å². The van der Waals surface area contributed by atoms with Gasteiger partial charge in [-0.25, -0.2) is 0 Å². The first-order valence-corrected chi connectivity index (χ1v) is 5.32. The normalized spacial score (nSPS) is 12.1. The van der Waals surface area contributed by atoms with Crippen LogP contribution in [0.5, 0.6) is 0 Å². The van der Waals surface area contributed by atoms with Gasteiger partial charge in [0.1, 0.15) is 0 Å². The van der Waals surface area contributed by atoms with Crippen LogP contribution in [0.1, 0.15) is 28.9 Å². The molecular formula is C12H14N4O. The molecule has 1 unspecified atom stereocenters. The number of hydrogen-bond acceptors (Lipinski definition) is 3. The highest BCUT2D eigenvalue weighted by atomic mass is 16.1. The monoisotopic (exact) mass is 230 g/mol. The summed E-state index contributed by atoms with van der Waals surface area (Å²) in [6.07, 6.45) is 3.43. The molecule has 0 aliphatic rings. The third-order valence-corrected chi connectivity index (χ3v) is 2.57. The third kappa shape index (κ3) is 2.44. The molecule has 0 fully saturated rings. The molecule has 17 heavy (non-hydrogen) atoms. The molecule has 0 aliphatic carbocycles. The SMILES string of the molecule is CC(NC(=O)c1ccccc1N)c1cn[nH]c1. The lowest BCUT2D eigenvalue weighted by molar-refractivity contribution is 0.0941. The molecule has 2 aromatic rings. The van der Waals surface area contributed by atoms with E-state index in [2.05, 4.69) is 15.5 Å². The van der Waals surface area contributed by atoms with Gasteiger partial charge in [-0.3, -0.25) is 9.89 Å². The summed E-state index contributed by atoms with van der Waals surface area (Å²) in [5.74, 6) is -0.184. The van der Waals surface area contributed by atoms with Crippen LogP contribution in [0.2, 0.25) is 0 Å². The fourth-order valence-corrected chi connectivity index (χ4v) is 1.56. The molecule has 1 amide bonds. The molecule has 1 heterocycles. The summed E-state index contributed by atoms with van der Waals surface area (Å²) in [7, 11) is 0. The van der Waals surface area contributed by atoms with Crippen LogP contribution in [0.4, 0.5) is 5.69 Å². The Labute approximate surface area is 99.0 Å². The van der Waals surface area contributed by atoms with Gasteiger partial charge in [-0.05, 0) is 19.1 Å². The van der Waals surface area contributed by atoms with Crippen molar-refractivity contribution in [3.8, 4) is 0 Å². The zero-order chi connectivity index (χ0) is 12.3. The number of carbonyl (C=O) groups excluding carboxylic acids is 1. The molecule has 1 aromatic carbocycles. The fraction of sp³-hybridized carbons (Fsp3) is 0.167. The van der Waals surface area contributed by atoms with Crippen molar-refractivity contribution < 1.29 is 4.79 Å². The highest BCUT2D eigenvalue weighted by molar-refractivity contribution is 5.99. The number of nitrogens with zero attached hydrogens (tertiary/aromatic N) is 1. The van der Waals surface area contributed by atoms with E-state index in [1.807, 2.05) is 6.92 Å². The highest BCUT2D eigenvalue weighted by Crippen LogP contribution is 2.14. The van der Waals surface area contributed by atoms with Gasteiger partial charge >= 0.3 is 0 Å². The number of nitrogens with one attached hydrogen (secondary N) is 2. The minimum atomic E-state index is -0.184. The number of nitrogens with two attached hydrogens (primary N) is 1. The maximum Gasteiger partial charge on any atom is 0.253 e. The van der Waals surface area contributed by atoms with Crippen molar-refractivity contribution in [3.05, 3.63) is 47.8 Å². The number of benzene rings is 1. The number of para-hydroxylation sites is 1. The van der Waals surface area contributed by atoms with E-state index in [-0.39, 0.29) is 11.9 Å². The third-order valence-electron chi connectivity index (χ3n) is 2.57. The first-order chi connectivity index (χ1) is 8.18. The van der Waals surface area contributed by atoms with Gasteiger partial charge in [0.25, 0.3) is 5.91 Å². The van der Waals surface area contributed by atoms with E-state index < -0.39 is 0 Å². The van der Waals surface area contributed by atoms with Gasteiger partial charge in [-0.15, -0.1) is 0 Å². The van der Waals surface area contributed by atoms with Gasteiger partial charge in [0.05, 0.1) is 17.8 Å². The first-order valence-electron chi connectivity index (χ1n) is 5.32. The Balaban J connectivity index is 2.10. The van der Waals surface area contributed by atoms with Gasteiger partial charge < -0.3 is 11.1 Å². The van der Waals surface area contributed by atoms with E-state index in [1.165, 1.54) is 0 Å². The highest BCUT2D eigenvalue weighted by Gasteiger charge is 2.13. The summed E-state index contributed by atoms with van der Waals surface area (Å²) in [6.45, 7) is 1.89. The molecule has 5 nitrogen and oxygen atoms in total. The van der Waals surface area contributed by atoms with E-state index in [0.29, 0.717) is 11.3 Å². The van der Waals surface area contributed by atoms with E-state index in [0.717, 1.165) is 5.56 Å². The topological polar surface area (TPSA) is 83.8 Å². The van der Waals surface area contributed by atoms with Crippen molar-refractivity contribution in [1.82, 2.24) is 15.5 Å². The minimum absolute atomic E-state index is 0.110. The lowest BCUT2D eigenvalue weighted by atomic mass is 10.1. The molecule has 0 saturated heterocycles. The van der Waals surface area contributed by atoms with E-state index in [4.69, 9.17) is 5.73 Å². The molecule has 0 spiro atoms. The Hall–Kier alpha value is -2.30. The molecular weight excluding hydrogens is 216 g/mol. The second-order valence-electron chi connectivity index (χ2n) is 3.81. The summed E-state index contributed by atoms with van der Waals surface area (Å²) < 4.78 is 0. The van der Waals surface area contributed by atoms with Crippen LogP contribution >= 0.6 is 0 Å². The number of anilines is 1. The Kier molecular flexibility index (Phi) is 3.09. The predicted molar refractivity (Wildman–Crippen MR) is 65.3 cm³/mol. The largest absolute Gasteiger partial charge is 0.398 e. The Morgan fingerprint density at radius 2 is 2.24 bits per heavy atom. The van der Waals surface area contributed by atoms with Crippen molar-refractivity contribution >= 4 is 11.6 Å².